The summed E-state index contributed by atoms with van der Waals surface area (Å²) in [4.78, 5) is 0. The molecule has 0 aromatic heterocycles. The molecule has 128 valence electrons. The Morgan fingerprint density at radius 2 is 1.62 bits per heavy atom. The molecule has 0 radical (unpaired) electrons. The van der Waals surface area contributed by atoms with E-state index in [2.05, 4.69) is 6.92 Å². The number of hydrogen-bond acceptors (Lipinski definition) is 0. The molecule has 24 heavy (non-hydrogen) atoms. The number of aryl methyl sites for hydroxylation is 1. The number of halogens is 3. The summed E-state index contributed by atoms with van der Waals surface area (Å²) in [7, 11) is 0. The van der Waals surface area contributed by atoms with Gasteiger partial charge in [0.25, 0.3) is 0 Å². The third-order valence-electron chi connectivity index (χ3n) is 4.02. The lowest BCUT2D eigenvalue weighted by Crippen LogP contribution is -1.96. The van der Waals surface area contributed by atoms with Crippen LogP contribution in [0.1, 0.15) is 50.7 Å². The van der Waals surface area contributed by atoms with Gasteiger partial charge in [-0.25, -0.2) is 13.2 Å². The van der Waals surface area contributed by atoms with Crippen LogP contribution in [0.15, 0.2) is 42.5 Å². The largest absolute Gasteiger partial charge is 0.207 e. The fourth-order valence-electron chi connectivity index (χ4n) is 2.64. The average molecular weight is 332 g/mol. The minimum atomic E-state index is -1.13. The van der Waals surface area contributed by atoms with E-state index in [1.807, 2.05) is 19.1 Å². The molecule has 2 rings (SSSR count). The van der Waals surface area contributed by atoms with Crippen molar-refractivity contribution < 1.29 is 13.2 Å². The Bertz CT molecular complexity index is 700. The van der Waals surface area contributed by atoms with Crippen LogP contribution in [0.5, 0.6) is 0 Å². The highest BCUT2D eigenvalue weighted by molar-refractivity contribution is 5.69. The summed E-state index contributed by atoms with van der Waals surface area (Å²) >= 11 is 0. The Morgan fingerprint density at radius 1 is 0.917 bits per heavy atom. The van der Waals surface area contributed by atoms with Crippen molar-refractivity contribution in [3.63, 3.8) is 0 Å². The Labute approximate surface area is 142 Å². The van der Waals surface area contributed by atoms with Gasteiger partial charge >= 0.3 is 0 Å². The van der Waals surface area contributed by atoms with Gasteiger partial charge in [-0.1, -0.05) is 57.0 Å². The molecule has 0 nitrogen and oxygen atoms in total. The maximum Gasteiger partial charge on any atom is 0.169 e. The van der Waals surface area contributed by atoms with Crippen LogP contribution in [0.4, 0.5) is 13.2 Å². The highest BCUT2D eigenvalue weighted by Crippen LogP contribution is 2.30. The first kappa shape index (κ1) is 18.3. The van der Waals surface area contributed by atoms with Crippen LogP contribution in [0.25, 0.3) is 17.0 Å². The van der Waals surface area contributed by atoms with Crippen LogP contribution in [0, 0.1) is 11.6 Å². The number of hydrogen-bond donors (Lipinski definition) is 0. The number of allylic oxidation sites excluding steroid dienone is 1. The van der Waals surface area contributed by atoms with Crippen molar-refractivity contribution >= 4 is 5.83 Å². The predicted molar refractivity (Wildman–Crippen MR) is 94.4 cm³/mol. The SMILES string of the molecule is CCCCC=C(F)c1ccc(-c2ccc(CCC)cc2)c(F)c1F. The molecule has 0 saturated carbocycles. The predicted octanol–water partition coefficient (Wildman–Crippen LogP) is 7.08. The minimum absolute atomic E-state index is 0.153. The van der Waals surface area contributed by atoms with Gasteiger partial charge in [-0.15, -0.1) is 0 Å². The molecular weight excluding hydrogens is 309 g/mol. The van der Waals surface area contributed by atoms with E-state index >= 15 is 0 Å². The summed E-state index contributed by atoms with van der Waals surface area (Å²) < 4.78 is 42.7. The van der Waals surface area contributed by atoms with Crippen LogP contribution in [0.3, 0.4) is 0 Å². The lowest BCUT2D eigenvalue weighted by Gasteiger charge is -2.09. The number of rotatable bonds is 7. The zero-order valence-electron chi connectivity index (χ0n) is 14.2. The molecule has 2 aromatic carbocycles. The van der Waals surface area contributed by atoms with E-state index in [0.29, 0.717) is 12.0 Å². The van der Waals surface area contributed by atoms with Crippen molar-refractivity contribution in [3.8, 4) is 11.1 Å². The van der Waals surface area contributed by atoms with Crippen molar-refractivity contribution in [2.24, 2.45) is 0 Å². The van der Waals surface area contributed by atoms with Gasteiger partial charge < -0.3 is 0 Å². The van der Waals surface area contributed by atoms with E-state index in [4.69, 9.17) is 0 Å². The zero-order valence-corrected chi connectivity index (χ0v) is 14.2. The minimum Gasteiger partial charge on any atom is -0.207 e. The first-order chi connectivity index (χ1) is 11.6. The number of unbranched alkanes of at least 4 members (excludes halogenated alkanes) is 2. The van der Waals surface area contributed by atoms with Gasteiger partial charge in [0.2, 0.25) is 0 Å². The second-order valence-electron chi connectivity index (χ2n) is 5.93. The van der Waals surface area contributed by atoms with Gasteiger partial charge in [-0.3, -0.25) is 0 Å². The van der Waals surface area contributed by atoms with Crippen molar-refractivity contribution in [2.45, 2.75) is 46.0 Å². The zero-order chi connectivity index (χ0) is 17.5. The van der Waals surface area contributed by atoms with Gasteiger partial charge in [0.15, 0.2) is 11.6 Å². The van der Waals surface area contributed by atoms with Crippen molar-refractivity contribution in [1.29, 1.82) is 0 Å². The monoisotopic (exact) mass is 332 g/mol. The second-order valence-corrected chi connectivity index (χ2v) is 5.93. The highest BCUT2D eigenvalue weighted by Gasteiger charge is 2.17. The first-order valence-corrected chi connectivity index (χ1v) is 8.51. The molecule has 0 bridgehead atoms. The Kier molecular flexibility index (Phi) is 6.65. The molecule has 0 aliphatic rings. The fourth-order valence-corrected chi connectivity index (χ4v) is 2.64. The summed E-state index contributed by atoms with van der Waals surface area (Å²) in [6.45, 7) is 4.08. The first-order valence-electron chi connectivity index (χ1n) is 8.51. The van der Waals surface area contributed by atoms with E-state index < -0.39 is 17.5 Å². The van der Waals surface area contributed by atoms with Gasteiger partial charge in [-0.2, -0.15) is 0 Å². The van der Waals surface area contributed by atoms with E-state index in [9.17, 15) is 13.2 Å². The molecule has 2 aromatic rings. The second kappa shape index (κ2) is 8.72. The quantitative estimate of drug-likeness (QED) is 0.475. The molecule has 0 spiro atoms. The molecule has 0 N–H and O–H groups in total. The maximum atomic E-state index is 14.4. The van der Waals surface area contributed by atoms with Gasteiger partial charge in [-0.05, 0) is 42.5 Å². The Balaban J connectivity index is 2.31. The average Bonchev–Trinajstić information content (AvgIpc) is 2.58. The summed E-state index contributed by atoms with van der Waals surface area (Å²) in [6.07, 6.45) is 5.56. The Morgan fingerprint density at radius 3 is 2.25 bits per heavy atom. The van der Waals surface area contributed by atoms with E-state index in [1.165, 1.54) is 18.2 Å². The molecule has 0 amide bonds. The smallest absolute Gasteiger partial charge is 0.169 e. The molecule has 0 aliphatic carbocycles. The molecule has 0 saturated heterocycles. The molecule has 0 aliphatic heterocycles. The summed E-state index contributed by atoms with van der Waals surface area (Å²) in [5.74, 6) is -2.84. The van der Waals surface area contributed by atoms with Crippen LogP contribution in [0.2, 0.25) is 0 Å². The van der Waals surface area contributed by atoms with Gasteiger partial charge in [0.1, 0.15) is 5.83 Å². The van der Waals surface area contributed by atoms with Crippen molar-refractivity contribution in [3.05, 3.63) is 65.2 Å². The molecule has 3 heteroatoms. The summed E-state index contributed by atoms with van der Waals surface area (Å²) in [5, 5.41) is 0. The van der Waals surface area contributed by atoms with Gasteiger partial charge in [0, 0.05) is 11.1 Å². The number of benzene rings is 2. The lowest BCUT2D eigenvalue weighted by atomic mass is 9.99. The standard InChI is InChI=1S/C21H23F3/c1-3-5-6-8-19(22)18-14-13-17(20(23)21(18)24)16-11-9-15(7-4-2)10-12-16/h8-14H,3-7H2,1-2H3. The molecular formula is C21H23F3. The van der Waals surface area contributed by atoms with E-state index in [1.54, 1.807) is 12.1 Å². The Hall–Kier alpha value is -2.03. The molecule has 0 fully saturated rings. The summed E-state index contributed by atoms with van der Waals surface area (Å²) in [5.41, 5.74) is 1.59. The van der Waals surface area contributed by atoms with Crippen molar-refractivity contribution in [1.82, 2.24) is 0 Å². The van der Waals surface area contributed by atoms with Crippen LogP contribution in [-0.4, -0.2) is 0 Å². The topological polar surface area (TPSA) is 0 Å². The van der Waals surface area contributed by atoms with Crippen LogP contribution in [-0.2, 0) is 6.42 Å². The normalized spacial score (nSPS) is 11.8. The lowest BCUT2D eigenvalue weighted by molar-refractivity contribution is 0.505. The molecule has 0 atom stereocenters. The summed E-state index contributed by atoms with van der Waals surface area (Å²) in [6, 6.07) is 10.1. The third kappa shape index (κ3) is 4.28. The van der Waals surface area contributed by atoms with Gasteiger partial charge in [0.05, 0.1) is 0 Å². The van der Waals surface area contributed by atoms with E-state index in [-0.39, 0.29) is 11.1 Å². The van der Waals surface area contributed by atoms with Crippen LogP contribution >= 0.6 is 0 Å². The molecule has 0 unspecified atom stereocenters. The van der Waals surface area contributed by atoms with Crippen LogP contribution < -0.4 is 0 Å². The third-order valence-corrected chi connectivity index (χ3v) is 4.02. The van der Waals surface area contributed by atoms with Crippen molar-refractivity contribution in [2.75, 3.05) is 0 Å². The molecule has 0 heterocycles. The fraction of sp³-hybridized carbons (Fsp3) is 0.333. The maximum absolute atomic E-state index is 14.4. The highest BCUT2D eigenvalue weighted by atomic mass is 19.2. The van der Waals surface area contributed by atoms with E-state index in [0.717, 1.165) is 31.2 Å².